The highest BCUT2D eigenvalue weighted by atomic mass is 16.3. The molecule has 0 amide bonds. The van der Waals surface area contributed by atoms with E-state index in [4.69, 9.17) is 19.4 Å². The van der Waals surface area contributed by atoms with Crippen molar-refractivity contribution in [2.75, 3.05) is 0 Å². The maximum atomic E-state index is 6.56. The number of aromatic nitrogens is 4. The molecular weight excluding hydrogens is 805 g/mol. The highest BCUT2D eigenvalue weighted by Crippen LogP contribution is 2.46. The van der Waals surface area contributed by atoms with Gasteiger partial charge in [0.25, 0.3) is 0 Å². The Morgan fingerprint density at radius 1 is 0.288 bits per heavy atom. The molecule has 0 radical (unpaired) electrons. The van der Waals surface area contributed by atoms with Gasteiger partial charge in [0.1, 0.15) is 11.2 Å². The zero-order valence-corrected chi connectivity index (χ0v) is 35.5. The van der Waals surface area contributed by atoms with Crippen molar-refractivity contribution in [2.45, 2.75) is 0 Å². The highest BCUT2D eigenvalue weighted by Gasteiger charge is 2.22. The lowest BCUT2D eigenvalue weighted by atomic mass is 9.85. The monoisotopic (exact) mass is 840 g/mol. The Bertz CT molecular complexity index is 4170. The molecule has 0 unspecified atom stereocenters. The van der Waals surface area contributed by atoms with Crippen LogP contribution in [0.5, 0.6) is 0 Å². The second kappa shape index (κ2) is 14.3. The number of furan rings is 1. The number of hydrogen-bond acceptors (Lipinski definition) is 4. The molecule has 66 heavy (non-hydrogen) atoms. The van der Waals surface area contributed by atoms with Gasteiger partial charge < -0.3 is 4.42 Å². The first-order valence-electron chi connectivity index (χ1n) is 22.3. The van der Waals surface area contributed by atoms with E-state index in [-0.39, 0.29) is 0 Å². The van der Waals surface area contributed by atoms with Crippen LogP contribution in [0.1, 0.15) is 0 Å². The normalized spacial score (nSPS) is 11.9. The number of benzene rings is 11. The number of para-hydroxylation sites is 1. The van der Waals surface area contributed by atoms with E-state index >= 15 is 0 Å². The lowest BCUT2D eigenvalue weighted by Crippen LogP contribution is -2.06. The second-order valence-corrected chi connectivity index (χ2v) is 17.1. The molecule has 0 fully saturated rings. The fourth-order valence-electron chi connectivity index (χ4n) is 10.4. The molecule has 0 atom stereocenters. The van der Waals surface area contributed by atoms with E-state index in [2.05, 4.69) is 187 Å². The van der Waals surface area contributed by atoms with Gasteiger partial charge in [0.05, 0.1) is 11.0 Å². The summed E-state index contributed by atoms with van der Waals surface area (Å²) >= 11 is 0. The Balaban J connectivity index is 0.992. The average molecular weight is 841 g/mol. The Morgan fingerprint density at radius 3 is 1.39 bits per heavy atom. The van der Waals surface area contributed by atoms with Gasteiger partial charge in [0.15, 0.2) is 11.6 Å². The second-order valence-electron chi connectivity index (χ2n) is 17.1. The van der Waals surface area contributed by atoms with Gasteiger partial charge in [0.2, 0.25) is 5.95 Å². The van der Waals surface area contributed by atoms with E-state index in [9.17, 15) is 0 Å². The summed E-state index contributed by atoms with van der Waals surface area (Å²) < 4.78 is 8.77. The van der Waals surface area contributed by atoms with Crippen LogP contribution in [0.4, 0.5) is 0 Å². The first-order chi connectivity index (χ1) is 32.7. The SMILES string of the molecule is c1ccc(-c2nc(-c3ccccc3)nc(-n3c4ccccc4c4ccc(-c5c6ccccc6c(-c6ccc7oc8cc9cc%10ccccc%10cc9cc8c7c6)c6ccccc56)cc43)n2)cc1. The van der Waals surface area contributed by atoms with E-state index < -0.39 is 0 Å². The maximum absolute atomic E-state index is 6.56. The van der Waals surface area contributed by atoms with Gasteiger partial charge >= 0.3 is 0 Å². The molecule has 0 aliphatic heterocycles. The first-order valence-corrected chi connectivity index (χ1v) is 22.3. The minimum absolute atomic E-state index is 0.569. The number of hydrogen-bond donors (Lipinski definition) is 0. The molecular formula is C61H36N4O. The Labute approximate surface area is 378 Å². The van der Waals surface area contributed by atoms with Gasteiger partial charge in [0, 0.05) is 32.7 Å². The fourth-order valence-corrected chi connectivity index (χ4v) is 10.4. The van der Waals surface area contributed by atoms with Crippen LogP contribution in [-0.2, 0) is 0 Å². The van der Waals surface area contributed by atoms with E-state index in [1.54, 1.807) is 0 Å². The molecule has 14 rings (SSSR count). The molecule has 3 aromatic heterocycles. The summed E-state index contributed by atoms with van der Waals surface area (Å²) in [6.07, 6.45) is 0. The molecule has 0 spiro atoms. The summed E-state index contributed by atoms with van der Waals surface area (Å²) in [5, 5.41) is 14.1. The van der Waals surface area contributed by atoms with Gasteiger partial charge in [-0.15, -0.1) is 0 Å². The van der Waals surface area contributed by atoms with Crippen molar-refractivity contribution in [1.29, 1.82) is 0 Å². The predicted octanol–water partition coefficient (Wildman–Crippen LogP) is 16.1. The van der Waals surface area contributed by atoms with Gasteiger partial charge in [-0.2, -0.15) is 9.97 Å². The third-order valence-electron chi connectivity index (χ3n) is 13.4. The van der Waals surface area contributed by atoms with Crippen LogP contribution in [0.15, 0.2) is 223 Å². The van der Waals surface area contributed by atoms with Crippen molar-refractivity contribution in [3.63, 3.8) is 0 Å². The molecule has 0 saturated carbocycles. The van der Waals surface area contributed by atoms with Crippen LogP contribution < -0.4 is 0 Å². The first kappa shape index (κ1) is 36.5. The minimum Gasteiger partial charge on any atom is -0.456 e. The Hall–Kier alpha value is -8.93. The van der Waals surface area contributed by atoms with E-state index in [1.165, 1.54) is 54.2 Å². The van der Waals surface area contributed by atoms with Gasteiger partial charge in [-0.25, -0.2) is 4.98 Å². The minimum atomic E-state index is 0.569. The summed E-state index contributed by atoms with van der Waals surface area (Å²) in [5.74, 6) is 1.81. The smallest absolute Gasteiger partial charge is 0.238 e. The van der Waals surface area contributed by atoms with Gasteiger partial charge in [-0.3, -0.25) is 4.57 Å². The van der Waals surface area contributed by atoms with Crippen molar-refractivity contribution in [3.8, 4) is 51.0 Å². The molecule has 0 saturated heterocycles. The Morgan fingerprint density at radius 2 is 0.773 bits per heavy atom. The third-order valence-corrected chi connectivity index (χ3v) is 13.4. The Kier molecular flexibility index (Phi) is 7.91. The van der Waals surface area contributed by atoms with Gasteiger partial charge in [-0.1, -0.05) is 170 Å². The van der Waals surface area contributed by atoms with E-state index in [1.807, 2.05) is 36.4 Å². The zero-order valence-electron chi connectivity index (χ0n) is 35.5. The van der Waals surface area contributed by atoms with Crippen molar-refractivity contribution in [3.05, 3.63) is 218 Å². The van der Waals surface area contributed by atoms with Crippen LogP contribution in [0.2, 0.25) is 0 Å². The van der Waals surface area contributed by atoms with Crippen LogP contribution >= 0.6 is 0 Å². The number of fused-ring (bicyclic) bond motifs is 10. The molecule has 0 N–H and O–H groups in total. The molecule has 3 heterocycles. The standard InChI is InChI=1S/C61H36N4O/c1-3-15-37(16-4-1)59-62-60(38-17-5-2-6-18-38)64-61(63-59)65-53-26-14-13-21-45(53)46-29-27-42(35-54(46)65)58-49-24-11-9-22-47(49)57(48-23-10-12-25-50(48)58)41-28-30-55-51(33-41)52-34-43-31-39-19-7-8-20-40(39)32-44(43)36-56(52)66-55/h1-36H. The number of nitrogens with zero attached hydrogens (tertiary/aromatic N) is 4. The molecule has 306 valence electrons. The quantitative estimate of drug-likeness (QED) is 0.162. The predicted molar refractivity (Wildman–Crippen MR) is 273 cm³/mol. The fraction of sp³-hybridized carbons (Fsp3) is 0. The summed E-state index contributed by atoms with van der Waals surface area (Å²) in [4.78, 5) is 15.5. The molecule has 0 aliphatic carbocycles. The van der Waals surface area contributed by atoms with Crippen LogP contribution in [0.25, 0.3) is 138 Å². The summed E-state index contributed by atoms with van der Waals surface area (Å²) in [6, 6.07) is 77.7. The van der Waals surface area contributed by atoms with Crippen LogP contribution in [-0.4, -0.2) is 19.5 Å². The van der Waals surface area contributed by atoms with Crippen molar-refractivity contribution < 1.29 is 4.42 Å². The molecule has 5 heteroatoms. The van der Waals surface area contributed by atoms with Gasteiger partial charge in [-0.05, 0) is 114 Å². The highest BCUT2D eigenvalue weighted by molar-refractivity contribution is 6.23. The van der Waals surface area contributed by atoms with Crippen molar-refractivity contribution in [2.24, 2.45) is 0 Å². The summed E-state index contributed by atoms with van der Waals surface area (Å²) in [5.41, 5.74) is 10.3. The largest absolute Gasteiger partial charge is 0.456 e. The molecule has 0 aliphatic rings. The summed E-state index contributed by atoms with van der Waals surface area (Å²) in [6.45, 7) is 0. The maximum Gasteiger partial charge on any atom is 0.238 e. The topological polar surface area (TPSA) is 56.7 Å². The number of rotatable bonds is 5. The van der Waals surface area contributed by atoms with Crippen molar-refractivity contribution >= 4 is 86.8 Å². The van der Waals surface area contributed by atoms with Crippen LogP contribution in [0, 0.1) is 0 Å². The molecule has 11 aromatic carbocycles. The van der Waals surface area contributed by atoms with Crippen molar-refractivity contribution in [1.82, 2.24) is 19.5 Å². The zero-order chi connectivity index (χ0) is 43.3. The van der Waals surface area contributed by atoms with Crippen LogP contribution in [0.3, 0.4) is 0 Å². The molecule has 14 aromatic rings. The van der Waals surface area contributed by atoms with E-state index in [0.29, 0.717) is 17.6 Å². The lowest BCUT2D eigenvalue weighted by molar-refractivity contribution is 0.669. The lowest BCUT2D eigenvalue weighted by Gasteiger charge is -2.18. The van der Waals surface area contributed by atoms with E-state index in [0.717, 1.165) is 66.0 Å². The summed E-state index contributed by atoms with van der Waals surface area (Å²) in [7, 11) is 0. The molecule has 5 nitrogen and oxygen atoms in total. The average Bonchev–Trinajstić information content (AvgIpc) is 3.91. The molecule has 0 bridgehead atoms. The third kappa shape index (κ3) is 5.63.